The van der Waals surface area contributed by atoms with Gasteiger partial charge < -0.3 is 9.30 Å². The molecule has 1 aromatic heterocycles. The minimum atomic E-state index is -0.507. The van der Waals surface area contributed by atoms with Crippen LogP contribution in [0.5, 0.6) is 0 Å². The first kappa shape index (κ1) is 22.1. The van der Waals surface area contributed by atoms with Crippen molar-refractivity contribution in [1.82, 2.24) is 4.57 Å². The summed E-state index contributed by atoms with van der Waals surface area (Å²) in [6, 6.07) is 11.8. The molecule has 0 fully saturated rings. The molecule has 0 unspecified atom stereocenters. The third-order valence-corrected chi connectivity index (χ3v) is 5.66. The van der Waals surface area contributed by atoms with E-state index in [-0.39, 0.29) is 12.2 Å². The number of benzene rings is 2. The summed E-state index contributed by atoms with van der Waals surface area (Å²) in [6.45, 7) is 4.12. The number of nitro groups is 1. The molecule has 160 valence electrons. The number of aromatic nitrogens is 1. The summed E-state index contributed by atoms with van der Waals surface area (Å²) in [5.74, 6) is -0.609. The second-order valence-electron chi connectivity index (χ2n) is 7.06. The summed E-state index contributed by atoms with van der Waals surface area (Å²) in [5, 5.41) is 10.7. The van der Waals surface area contributed by atoms with Crippen LogP contribution in [0.1, 0.15) is 30.9 Å². The summed E-state index contributed by atoms with van der Waals surface area (Å²) >= 11 is 1.32. The van der Waals surface area contributed by atoms with Crippen LogP contribution in [0.15, 0.2) is 53.5 Å². The number of carbonyl (C=O) groups is 2. The summed E-state index contributed by atoms with van der Waals surface area (Å²) in [4.78, 5) is 39.1. The average molecular weight is 439 g/mol. The molecule has 0 saturated heterocycles. The second kappa shape index (κ2) is 9.48. The van der Waals surface area contributed by atoms with Gasteiger partial charge in [-0.3, -0.25) is 19.7 Å². The predicted molar refractivity (Wildman–Crippen MR) is 119 cm³/mol. The molecule has 3 rings (SSSR count). The molecule has 0 saturated carbocycles. The standard InChI is InChI=1S/C22H21N3O5S/c1-14(2)16-7-10-18-19(12-16)31-22(24(18)13-21(27)30-3)23-20(26)11-6-15-4-8-17(9-5-15)25(28)29/h4-12,14H,13H2,1-3H3/b11-6-,23-22?. The van der Waals surface area contributed by atoms with Gasteiger partial charge in [0, 0.05) is 18.2 Å². The lowest BCUT2D eigenvalue weighted by molar-refractivity contribution is -0.384. The minimum absolute atomic E-state index is 0.0249. The van der Waals surface area contributed by atoms with Crippen molar-refractivity contribution in [3.8, 4) is 0 Å². The van der Waals surface area contributed by atoms with Gasteiger partial charge in [-0.1, -0.05) is 31.3 Å². The van der Waals surface area contributed by atoms with Crippen molar-refractivity contribution in [3.63, 3.8) is 0 Å². The van der Waals surface area contributed by atoms with E-state index in [0.29, 0.717) is 16.3 Å². The Bertz CT molecular complexity index is 1240. The largest absolute Gasteiger partial charge is 0.468 e. The van der Waals surface area contributed by atoms with E-state index in [9.17, 15) is 19.7 Å². The molecule has 2 aromatic carbocycles. The third kappa shape index (κ3) is 5.32. The molecule has 0 aliphatic carbocycles. The Balaban J connectivity index is 1.96. The van der Waals surface area contributed by atoms with Gasteiger partial charge in [0.15, 0.2) is 4.80 Å². The van der Waals surface area contributed by atoms with Crippen LogP contribution in [-0.2, 0) is 20.9 Å². The predicted octanol–water partition coefficient (Wildman–Crippen LogP) is 4.05. The molecule has 0 bridgehead atoms. The van der Waals surface area contributed by atoms with Gasteiger partial charge in [-0.05, 0) is 47.4 Å². The average Bonchev–Trinajstić information content (AvgIpc) is 3.08. The quantitative estimate of drug-likeness (QED) is 0.249. The Morgan fingerprint density at radius 3 is 2.55 bits per heavy atom. The molecule has 0 radical (unpaired) electrons. The first-order valence-corrected chi connectivity index (χ1v) is 10.3. The van der Waals surface area contributed by atoms with E-state index < -0.39 is 16.8 Å². The van der Waals surface area contributed by atoms with Crippen LogP contribution >= 0.6 is 11.3 Å². The van der Waals surface area contributed by atoms with Crippen molar-refractivity contribution in [2.24, 2.45) is 4.99 Å². The van der Waals surface area contributed by atoms with Gasteiger partial charge in [0.05, 0.1) is 22.2 Å². The third-order valence-electron chi connectivity index (χ3n) is 4.62. The SMILES string of the molecule is COC(=O)Cn1c(=NC(=O)/C=C\c2ccc([N+](=O)[O-])cc2)sc2cc(C(C)C)ccc21. The molecule has 0 aliphatic heterocycles. The maximum Gasteiger partial charge on any atom is 0.325 e. The molecule has 0 spiro atoms. The Kier molecular flexibility index (Phi) is 6.76. The minimum Gasteiger partial charge on any atom is -0.468 e. The molecule has 0 atom stereocenters. The fraction of sp³-hybridized carbons (Fsp3) is 0.227. The van der Waals surface area contributed by atoms with Crippen LogP contribution in [0.4, 0.5) is 5.69 Å². The highest BCUT2D eigenvalue weighted by Gasteiger charge is 2.13. The number of amides is 1. The van der Waals surface area contributed by atoms with E-state index in [1.165, 1.54) is 42.7 Å². The van der Waals surface area contributed by atoms with Crippen LogP contribution < -0.4 is 4.80 Å². The topological polar surface area (TPSA) is 104 Å². The fourth-order valence-corrected chi connectivity index (χ4v) is 3.97. The number of fused-ring (bicyclic) bond motifs is 1. The number of thiazole rings is 1. The van der Waals surface area contributed by atoms with E-state index in [1.807, 2.05) is 18.2 Å². The molecule has 1 heterocycles. The number of esters is 1. The van der Waals surface area contributed by atoms with Crippen molar-refractivity contribution >= 4 is 45.2 Å². The zero-order chi connectivity index (χ0) is 22.5. The zero-order valence-electron chi connectivity index (χ0n) is 17.3. The lowest BCUT2D eigenvalue weighted by Gasteiger charge is -2.06. The van der Waals surface area contributed by atoms with E-state index in [1.54, 1.807) is 16.7 Å². The van der Waals surface area contributed by atoms with Gasteiger partial charge in [0.1, 0.15) is 6.54 Å². The number of methoxy groups -OCH3 is 1. The highest BCUT2D eigenvalue weighted by atomic mass is 32.1. The van der Waals surface area contributed by atoms with Gasteiger partial charge in [-0.25, -0.2) is 0 Å². The number of carbonyl (C=O) groups excluding carboxylic acids is 2. The summed E-state index contributed by atoms with van der Waals surface area (Å²) in [7, 11) is 1.31. The Morgan fingerprint density at radius 2 is 1.94 bits per heavy atom. The van der Waals surface area contributed by atoms with Crippen molar-refractivity contribution in [2.45, 2.75) is 26.3 Å². The number of non-ortho nitro benzene ring substituents is 1. The molecule has 9 heteroatoms. The van der Waals surface area contributed by atoms with Crippen LogP contribution in [0.2, 0.25) is 0 Å². The molecular weight excluding hydrogens is 418 g/mol. The normalized spacial score (nSPS) is 12.1. The number of hydrogen-bond acceptors (Lipinski definition) is 6. The van der Waals surface area contributed by atoms with Gasteiger partial charge >= 0.3 is 5.97 Å². The van der Waals surface area contributed by atoms with Crippen LogP contribution in [0.3, 0.4) is 0 Å². The number of nitro benzene ring substituents is 1. The van der Waals surface area contributed by atoms with Gasteiger partial charge in [-0.2, -0.15) is 4.99 Å². The molecule has 8 nitrogen and oxygen atoms in total. The molecule has 31 heavy (non-hydrogen) atoms. The van der Waals surface area contributed by atoms with Crippen LogP contribution in [-0.4, -0.2) is 28.5 Å². The highest BCUT2D eigenvalue weighted by Crippen LogP contribution is 2.23. The number of ether oxygens (including phenoxy) is 1. The second-order valence-corrected chi connectivity index (χ2v) is 8.07. The monoisotopic (exact) mass is 439 g/mol. The molecule has 0 aliphatic rings. The highest BCUT2D eigenvalue weighted by molar-refractivity contribution is 7.16. The van der Waals surface area contributed by atoms with Crippen molar-refractivity contribution in [3.05, 3.63) is 74.6 Å². The van der Waals surface area contributed by atoms with E-state index >= 15 is 0 Å². The summed E-state index contributed by atoms with van der Waals surface area (Å²) < 4.78 is 7.36. The maximum absolute atomic E-state index is 12.4. The van der Waals surface area contributed by atoms with E-state index in [4.69, 9.17) is 4.74 Å². The Morgan fingerprint density at radius 1 is 1.23 bits per heavy atom. The first-order valence-electron chi connectivity index (χ1n) is 9.50. The number of nitrogens with zero attached hydrogens (tertiary/aromatic N) is 3. The van der Waals surface area contributed by atoms with Crippen LogP contribution in [0, 0.1) is 10.1 Å². The Hall–Kier alpha value is -3.59. The van der Waals surface area contributed by atoms with Gasteiger partial charge in [0.25, 0.3) is 11.6 Å². The summed E-state index contributed by atoms with van der Waals surface area (Å²) in [6.07, 6.45) is 2.82. The van der Waals surface area contributed by atoms with Crippen LogP contribution in [0.25, 0.3) is 16.3 Å². The van der Waals surface area contributed by atoms with Crippen molar-refractivity contribution in [2.75, 3.05) is 7.11 Å². The number of rotatable bonds is 6. The lowest BCUT2D eigenvalue weighted by Crippen LogP contribution is -2.22. The Labute approximate surface area is 182 Å². The molecule has 1 amide bonds. The fourth-order valence-electron chi connectivity index (χ4n) is 2.89. The van der Waals surface area contributed by atoms with Gasteiger partial charge in [-0.15, -0.1) is 0 Å². The summed E-state index contributed by atoms with van der Waals surface area (Å²) in [5.41, 5.74) is 2.55. The molecular formula is C22H21N3O5S. The molecule has 3 aromatic rings. The van der Waals surface area contributed by atoms with E-state index in [0.717, 1.165) is 15.8 Å². The maximum atomic E-state index is 12.4. The van der Waals surface area contributed by atoms with E-state index in [2.05, 4.69) is 18.8 Å². The zero-order valence-corrected chi connectivity index (χ0v) is 18.1. The lowest BCUT2D eigenvalue weighted by atomic mass is 10.0. The van der Waals surface area contributed by atoms with Gasteiger partial charge in [0.2, 0.25) is 0 Å². The van der Waals surface area contributed by atoms with Crippen molar-refractivity contribution < 1.29 is 19.2 Å². The van der Waals surface area contributed by atoms with Crippen molar-refractivity contribution in [1.29, 1.82) is 0 Å². The first-order chi connectivity index (χ1) is 14.8. The number of hydrogen-bond donors (Lipinski definition) is 0. The molecule has 0 N–H and O–H groups in total. The smallest absolute Gasteiger partial charge is 0.325 e.